The number of benzene rings is 1. The van der Waals surface area contributed by atoms with Gasteiger partial charge in [0.15, 0.2) is 0 Å². The van der Waals surface area contributed by atoms with Gasteiger partial charge in [0.1, 0.15) is 16.7 Å². The Hall–Kier alpha value is -2.26. The Morgan fingerprint density at radius 1 is 1.31 bits per heavy atom. The number of amides is 1. The molecule has 9 heteroatoms. The highest BCUT2D eigenvalue weighted by molar-refractivity contribution is 7.20. The van der Waals surface area contributed by atoms with Gasteiger partial charge in [0.2, 0.25) is 0 Å². The highest BCUT2D eigenvalue weighted by Gasteiger charge is 2.27. The van der Waals surface area contributed by atoms with Gasteiger partial charge in [-0.1, -0.05) is 15.8 Å². The van der Waals surface area contributed by atoms with E-state index in [1.807, 2.05) is 30.0 Å². The fourth-order valence-corrected chi connectivity index (χ4v) is 4.44. The van der Waals surface area contributed by atoms with E-state index in [4.69, 9.17) is 9.47 Å². The second-order valence-corrected chi connectivity index (χ2v) is 7.86. The molecule has 1 amide bonds. The SMILES string of the molecule is COc1ccc2sc(OC3CCN(C(=O)c4snnc4C)CC3)nc2c1. The molecule has 1 aromatic carbocycles. The Bertz CT molecular complexity index is 931. The van der Waals surface area contributed by atoms with Crippen LogP contribution in [0.15, 0.2) is 18.2 Å². The summed E-state index contributed by atoms with van der Waals surface area (Å²) in [6, 6.07) is 5.82. The van der Waals surface area contributed by atoms with Crippen LogP contribution < -0.4 is 9.47 Å². The molecular weight excluding hydrogens is 372 g/mol. The normalized spacial score (nSPS) is 15.4. The Kier molecular flexibility index (Phi) is 4.73. The minimum absolute atomic E-state index is 0.0167. The Labute approximate surface area is 158 Å². The molecule has 136 valence electrons. The van der Waals surface area contributed by atoms with Gasteiger partial charge in [-0.05, 0) is 30.6 Å². The van der Waals surface area contributed by atoms with E-state index in [-0.39, 0.29) is 12.0 Å². The lowest BCUT2D eigenvalue weighted by Gasteiger charge is -2.31. The monoisotopic (exact) mass is 390 g/mol. The number of nitrogens with zero attached hydrogens (tertiary/aromatic N) is 4. The fraction of sp³-hybridized carbons (Fsp3) is 0.412. The summed E-state index contributed by atoms with van der Waals surface area (Å²) in [4.78, 5) is 19.5. The number of piperidine rings is 1. The van der Waals surface area contributed by atoms with Crippen molar-refractivity contribution in [1.82, 2.24) is 19.5 Å². The number of likely N-dealkylation sites (tertiary alicyclic amines) is 1. The van der Waals surface area contributed by atoms with Crippen LogP contribution in [-0.2, 0) is 0 Å². The molecule has 26 heavy (non-hydrogen) atoms. The van der Waals surface area contributed by atoms with E-state index >= 15 is 0 Å². The molecule has 2 aromatic heterocycles. The lowest BCUT2D eigenvalue weighted by molar-refractivity contribution is 0.0599. The predicted octanol–water partition coefficient (Wildman–Crippen LogP) is 3.15. The van der Waals surface area contributed by atoms with E-state index < -0.39 is 0 Å². The molecule has 0 saturated carbocycles. The lowest BCUT2D eigenvalue weighted by atomic mass is 10.1. The molecular formula is C17H18N4O3S2. The van der Waals surface area contributed by atoms with Gasteiger partial charge in [-0.2, -0.15) is 0 Å². The van der Waals surface area contributed by atoms with Crippen LogP contribution in [0.1, 0.15) is 28.2 Å². The second-order valence-electron chi connectivity index (χ2n) is 6.11. The van der Waals surface area contributed by atoms with Gasteiger partial charge in [-0.25, -0.2) is 4.98 Å². The van der Waals surface area contributed by atoms with E-state index in [2.05, 4.69) is 14.6 Å². The highest BCUT2D eigenvalue weighted by Crippen LogP contribution is 2.32. The number of fused-ring (bicyclic) bond motifs is 1. The maximum atomic E-state index is 12.5. The van der Waals surface area contributed by atoms with E-state index in [1.54, 1.807) is 7.11 Å². The van der Waals surface area contributed by atoms with Crippen molar-refractivity contribution in [2.75, 3.05) is 20.2 Å². The third-order valence-electron chi connectivity index (χ3n) is 4.42. The average Bonchev–Trinajstić information content (AvgIpc) is 3.26. The quantitative estimate of drug-likeness (QED) is 0.681. The minimum atomic E-state index is 0.0167. The predicted molar refractivity (Wildman–Crippen MR) is 100 cm³/mol. The summed E-state index contributed by atoms with van der Waals surface area (Å²) in [6.45, 7) is 3.15. The molecule has 0 N–H and O–H groups in total. The number of hydrogen-bond acceptors (Lipinski definition) is 8. The van der Waals surface area contributed by atoms with Crippen LogP contribution in [0.3, 0.4) is 0 Å². The maximum Gasteiger partial charge on any atom is 0.274 e. The van der Waals surface area contributed by atoms with Crippen LogP contribution in [0.2, 0.25) is 0 Å². The molecule has 1 aliphatic heterocycles. The zero-order valence-electron chi connectivity index (χ0n) is 14.5. The standard InChI is InChI=1S/C17H18N4O3S2/c1-10-15(26-20-19-10)16(22)21-7-5-11(6-8-21)24-17-18-13-9-12(23-2)3-4-14(13)25-17/h3-4,9,11H,5-8H2,1-2H3. The van der Waals surface area contributed by atoms with Gasteiger partial charge < -0.3 is 14.4 Å². The molecule has 3 aromatic rings. The van der Waals surface area contributed by atoms with Gasteiger partial charge in [0.05, 0.1) is 23.0 Å². The molecule has 0 radical (unpaired) electrons. The zero-order valence-corrected chi connectivity index (χ0v) is 16.1. The zero-order chi connectivity index (χ0) is 18.1. The van der Waals surface area contributed by atoms with E-state index in [9.17, 15) is 4.79 Å². The van der Waals surface area contributed by atoms with E-state index in [0.717, 1.165) is 40.3 Å². The number of carbonyl (C=O) groups excluding carboxylic acids is 1. The molecule has 4 rings (SSSR count). The van der Waals surface area contributed by atoms with Crippen molar-refractivity contribution >= 4 is 39.0 Å². The van der Waals surface area contributed by atoms with Crippen LogP contribution in [0.25, 0.3) is 10.2 Å². The number of hydrogen-bond donors (Lipinski definition) is 0. The van der Waals surface area contributed by atoms with Crippen molar-refractivity contribution in [1.29, 1.82) is 0 Å². The van der Waals surface area contributed by atoms with Crippen molar-refractivity contribution in [2.45, 2.75) is 25.9 Å². The molecule has 0 unspecified atom stereocenters. The number of aromatic nitrogens is 3. The Balaban J connectivity index is 1.38. The first-order valence-corrected chi connectivity index (χ1v) is 9.92. The molecule has 0 spiro atoms. The summed E-state index contributed by atoms with van der Waals surface area (Å²) >= 11 is 2.69. The largest absolute Gasteiger partial charge is 0.497 e. The molecule has 3 heterocycles. The van der Waals surface area contributed by atoms with Crippen molar-refractivity contribution in [3.05, 3.63) is 28.8 Å². The molecule has 1 saturated heterocycles. The summed E-state index contributed by atoms with van der Waals surface area (Å²) in [5.74, 6) is 0.803. The molecule has 0 atom stereocenters. The fourth-order valence-electron chi connectivity index (χ4n) is 2.95. The van der Waals surface area contributed by atoms with Crippen LogP contribution >= 0.6 is 22.9 Å². The highest BCUT2D eigenvalue weighted by atomic mass is 32.1. The maximum absolute atomic E-state index is 12.5. The number of carbonyl (C=O) groups is 1. The Morgan fingerprint density at radius 3 is 2.81 bits per heavy atom. The first-order chi connectivity index (χ1) is 12.6. The van der Waals surface area contributed by atoms with Crippen molar-refractivity contribution in [3.63, 3.8) is 0 Å². The topological polar surface area (TPSA) is 77.4 Å². The first kappa shape index (κ1) is 17.2. The molecule has 1 fully saturated rings. The van der Waals surface area contributed by atoms with Crippen LogP contribution in [0.5, 0.6) is 10.9 Å². The minimum Gasteiger partial charge on any atom is -0.497 e. The average molecular weight is 390 g/mol. The number of thiazole rings is 1. The van der Waals surface area contributed by atoms with Crippen LogP contribution in [0.4, 0.5) is 0 Å². The summed E-state index contributed by atoms with van der Waals surface area (Å²) in [6.07, 6.45) is 1.65. The van der Waals surface area contributed by atoms with Crippen LogP contribution in [0, 0.1) is 6.92 Å². The van der Waals surface area contributed by atoms with Gasteiger partial charge in [-0.15, -0.1) is 5.10 Å². The smallest absolute Gasteiger partial charge is 0.274 e. The van der Waals surface area contributed by atoms with Gasteiger partial charge in [-0.3, -0.25) is 4.79 Å². The third-order valence-corrected chi connectivity index (χ3v) is 6.16. The van der Waals surface area contributed by atoms with E-state index in [1.165, 1.54) is 11.3 Å². The van der Waals surface area contributed by atoms with Crippen molar-refractivity contribution in [2.24, 2.45) is 0 Å². The van der Waals surface area contributed by atoms with Gasteiger partial charge >= 0.3 is 0 Å². The van der Waals surface area contributed by atoms with Gasteiger partial charge in [0, 0.05) is 32.0 Å². The number of ether oxygens (including phenoxy) is 2. The Morgan fingerprint density at radius 2 is 2.12 bits per heavy atom. The number of rotatable bonds is 4. The molecule has 7 nitrogen and oxygen atoms in total. The van der Waals surface area contributed by atoms with Crippen molar-refractivity contribution < 1.29 is 14.3 Å². The van der Waals surface area contributed by atoms with E-state index in [0.29, 0.717) is 28.9 Å². The van der Waals surface area contributed by atoms with Crippen LogP contribution in [-0.4, -0.2) is 51.7 Å². The third kappa shape index (κ3) is 3.36. The molecule has 1 aliphatic rings. The molecule has 0 bridgehead atoms. The first-order valence-electron chi connectivity index (χ1n) is 8.33. The molecule has 0 aliphatic carbocycles. The summed E-state index contributed by atoms with van der Waals surface area (Å²) in [5, 5.41) is 4.58. The number of aryl methyl sites for hydroxylation is 1. The lowest BCUT2D eigenvalue weighted by Crippen LogP contribution is -2.41. The second kappa shape index (κ2) is 7.16. The van der Waals surface area contributed by atoms with Gasteiger partial charge in [0.25, 0.3) is 11.1 Å². The summed E-state index contributed by atoms with van der Waals surface area (Å²) < 4.78 is 16.2. The summed E-state index contributed by atoms with van der Waals surface area (Å²) in [5.41, 5.74) is 1.58. The number of methoxy groups -OCH3 is 1. The summed E-state index contributed by atoms with van der Waals surface area (Å²) in [7, 11) is 1.64. The van der Waals surface area contributed by atoms with Crippen molar-refractivity contribution in [3.8, 4) is 10.9 Å².